The monoisotopic (exact) mass is 337 g/mol. The van der Waals surface area contributed by atoms with Crippen LogP contribution in [-0.2, 0) is 0 Å². The Morgan fingerprint density at radius 3 is 2.54 bits per heavy atom. The van der Waals surface area contributed by atoms with Gasteiger partial charge in [-0.15, -0.1) is 11.3 Å². The largest absolute Gasteiger partial charge is 0.366 e. The van der Waals surface area contributed by atoms with Crippen molar-refractivity contribution in [2.45, 2.75) is 6.92 Å². The lowest BCUT2D eigenvalue weighted by atomic mass is 10.1. The van der Waals surface area contributed by atoms with Crippen LogP contribution in [0.15, 0.2) is 54.6 Å². The number of nitrogens with one attached hydrogen (secondary N) is 1. The number of benzene rings is 2. The summed E-state index contributed by atoms with van der Waals surface area (Å²) in [6, 6.07) is 16.2. The lowest BCUT2D eigenvalue weighted by Crippen LogP contribution is -2.11. The number of carbonyl (C=O) groups excluding carboxylic acids is 2. The van der Waals surface area contributed by atoms with Crippen LogP contribution in [0.3, 0.4) is 0 Å². The molecule has 2 aromatic carbocycles. The molecule has 0 spiro atoms. The Balaban J connectivity index is 1.89. The van der Waals surface area contributed by atoms with Crippen LogP contribution >= 0.6 is 11.3 Å². The van der Waals surface area contributed by atoms with Gasteiger partial charge in [0.1, 0.15) is 9.88 Å². The number of aromatic nitrogens is 1. The highest BCUT2D eigenvalue weighted by Gasteiger charge is 2.17. The van der Waals surface area contributed by atoms with E-state index in [1.807, 2.05) is 36.4 Å². The zero-order valence-corrected chi connectivity index (χ0v) is 13.8. The van der Waals surface area contributed by atoms with Crippen molar-refractivity contribution in [3.8, 4) is 10.6 Å². The third-order valence-corrected chi connectivity index (χ3v) is 4.63. The highest BCUT2D eigenvalue weighted by Crippen LogP contribution is 2.29. The van der Waals surface area contributed by atoms with Crippen LogP contribution in [0.25, 0.3) is 10.6 Å². The van der Waals surface area contributed by atoms with Crippen LogP contribution in [0, 0.1) is 6.92 Å². The van der Waals surface area contributed by atoms with E-state index >= 15 is 0 Å². The van der Waals surface area contributed by atoms with Crippen LogP contribution in [0.5, 0.6) is 0 Å². The molecular formula is C18H15N3O2S. The predicted molar refractivity (Wildman–Crippen MR) is 95.2 cm³/mol. The van der Waals surface area contributed by atoms with E-state index in [1.54, 1.807) is 25.1 Å². The molecule has 0 aliphatic heterocycles. The van der Waals surface area contributed by atoms with Crippen molar-refractivity contribution in [1.82, 2.24) is 4.98 Å². The minimum absolute atomic E-state index is 0.200. The topological polar surface area (TPSA) is 85.1 Å². The summed E-state index contributed by atoms with van der Waals surface area (Å²) in [5, 5.41) is 3.53. The number of primary amides is 1. The molecule has 3 aromatic rings. The maximum atomic E-state index is 12.4. The highest BCUT2D eigenvalue weighted by molar-refractivity contribution is 7.17. The minimum atomic E-state index is -0.493. The van der Waals surface area contributed by atoms with Crippen molar-refractivity contribution in [3.05, 3.63) is 70.7 Å². The molecule has 0 aliphatic rings. The lowest BCUT2D eigenvalue weighted by molar-refractivity contribution is 0.0998. The second-order valence-corrected chi connectivity index (χ2v) is 6.20. The molecule has 6 heteroatoms. The van der Waals surface area contributed by atoms with Crippen molar-refractivity contribution in [3.63, 3.8) is 0 Å². The zero-order valence-electron chi connectivity index (χ0n) is 12.9. The van der Waals surface area contributed by atoms with Gasteiger partial charge in [-0.3, -0.25) is 9.59 Å². The molecule has 0 radical (unpaired) electrons. The Morgan fingerprint density at radius 1 is 1.08 bits per heavy atom. The van der Waals surface area contributed by atoms with Gasteiger partial charge in [0.2, 0.25) is 5.91 Å². The summed E-state index contributed by atoms with van der Waals surface area (Å²) >= 11 is 1.29. The number of rotatable bonds is 4. The maximum absolute atomic E-state index is 12.4. The molecule has 0 unspecified atom stereocenters. The van der Waals surface area contributed by atoms with Crippen LogP contribution in [-0.4, -0.2) is 16.8 Å². The van der Waals surface area contributed by atoms with Gasteiger partial charge in [-0.25, -0.2) is 4.98 Å². The Morgan fingerprint density at radius 2 is 1.83 bits per heavy atom. The van der Waals surface area contributed by atoms with Crippen LogP contribution < -0.4 is 11.1 Å². The quantitative estimate of drug-likeness (QED) is 0.764. The van der Waals surface area contributed by atoms with Crippen LogP contribution in [0.1, 0.15) is 25.7 Å². The number of amides is 2. The third-order valence-electron chi connectivity index (χ3n) is 3.43. The van der Waals surface area contributed by atoms with Crippen LogP contribution in [0.4, 0.5) is 5.69 Å². The van der Waals surface area contributed by atoms with Crippen molar-refractivity contribution >= 4 is 28.8 Å². The van der Waals surface area contributed by atoms with E-state index in [0.29, 0.717) is 21.1 Å². The molecule has 24 heavy (non-hydrogen) atoms. The molecule has 0 bridgehead atoms. The zero-order chi connectivity index (χ0) is 17.1. The first-order valence-electron chi connectivity index (χ1n) is 7.28. The number of nitrogens with two attached hydrogens (primary N) is 1. The van der Waals surface area contributed by atoms with Gasteiger partial charge in [-0.2, -0.15) is 0 Å². The van der Waals surface area contributed by atoms with Gasteiger partial charge >= 0.3 is 0 Å². The first kappa shape index (κ1) is 15.9. The molecule has 0 fully saturated rings. The Kier molecular flexibility index (Phi) is 4.39. The van der Waals surface area contributed by atoms with Crippen molar-refractivity contribution in [2.75, 3.05) is 5.32 Å². The highest BCUT2D eigenvalue weighted by atomic mass is 32.1. The molecule has 0 atom stereocenters. The molecule has 3 rings (SSSR count). The fourth-order valence-corrected chi connectivity index (χ4v) is 3.20. The molecule has 0 saturated carbocycles. The fraction of sp³-hybridized carbons (Fsp3) is 0.0556. The Labute approximate surface area is 143 Å². The minimum Gasteiger partial charge on any atom is -0.366 e. The van der Waals surface area contributed by atoms with E-state index < -0.39 is 5.91 Å². The van der Waals surface area contributed by atoms with Gasteiger partial charge in [0, 0.05) is 16.8 Å². The van der Waals surface area contributed by atoms with E-state index in [2.05, 4.69) is 10.3 Å². The first-order valence-corrected chi connectivity index (χ1v) is 8.10. The summed E-state index contributed by atoms with van der Waals surface area (Å²) in [4.78, 5) is 28.7. The molecule has 2 amide bonds. The average Bonchev–Trinajstić information content (AvgIpc) is 2.98. The SMILES string of the molecule is Cc1nc(-c2cccc(C(N)=O)c2)sc1C(=O)Nc1ccccc1. The van der Waals surface area contributed by atoms with Gasteiger partial charge in [0.15, 0.2) is 0 Å². The summed E-state index contributed by atoms with van der Waals surface area (Å²) in [5.74, 6) is -0.694. The summed E-state index contributed by atoms with van der Waals surface area (Å²) in [6.45, 7) is 1.79. The van der Waals surface area contributed by atoms with E-state index in [9.17, 15) is 9.59 Å². The van der Waals surface area contributed by atoms with Crippen molar-refractivity contribution in [2.24, 2.45) is 5.73 Å². The summed E-state index contributed by atoms with van der Waals surface area (Å²) < 4.78 is 0. The molecule has 1 aromatic heterocycles. The molecule has 3 N–H and O–H groups in total. The maximum Gasteiger partial charge on any atom is 0.267 e. The van der Waals surface area contributed by atoms with Gasteiger partial charge in [0.25, 0.3) is 5.91 Å². The molecule has 0 aliphatic carbocycles. The Bertz CT molecular complexity index is 904. The first-order chi connectivity index (χ1) is 11.5. The van der Waals surface area contributed by atoms with Crippen molar-refractivity contribution in [1.29, 1.82) is 0 Å². The van der Waals surface area contributed by atoms with Gasteiger partial charge in [0.05, 0.1) is 5.69 Å². The van der Waals surface area contributed by atoms with E-state index in [4.69, 9.17) is 5.73 Å². The molecular weight excluding hydrogens is 322 g/mol. The average molecular weight is 337 g/mol. The summed E-state index contributed by atoms with van der Waals surface area (Å²) in [6.07, 6.45) is 0. The lowest BCUT2D eigenvalue weighted by Gasteiger charge is -2.03. The molecule has 5 nitrogen and oxygen atoms in total. The molecule has 120 valence electrons. The van der Waals surface area contributed by atoms with Crippen LogP contribution in [0.2, 0.25) is 0 Å². The number of anilines is 1. The normalized spacial score (nSPS) is 10.4. The fourth-order valence-electron chi connectivity index (χ4n) is 2.25. The number of carbonyl (C=O) groups is 2. The number of nitrogens with zero attached hydrogens (tertiary/aromatic N) is 1. The second-order valence-electron chi connectivity index (χ2n) is 5.20. The summed E-state index contributed by atoms with van der Waals surface area (Å²) in [5.41, 5.74) is 7.86. The number of thiazole rings is 1. The predicted octanol–water partition coefficient (Wildman–Crippen LogP) is 3.47. The van der Waals surface area contributed by atoms with E-state index in [1.165, 1.54) is 11.3 Å². The number of para-hydroxylation sites is 1. The van der Waals surface area contributed by atoms with Gasteiger partial charge in [-0.05, 0) is 31.2 Å². The third kappa shape index (κ3) is 3.33. The van der Waals surface area contributed by atoms with Gasteiger partial charge < -0.3 is 11.1 Å². The second kappa shape index (κ2) is 6.64. The number of aryl methyl sites for hydroxylation is 1. The molecule has 0 saturated heterocycles. The van der Waals surface area contributed by atoms with E-state index in [0.717, 1.165) is 11.3 Å². The number of hydrogen-bond donors (Lipinski definition) is 2. The van der Waals surface area contributed by atoms with Crippen molar-refractivity contribution < 1.29 is 9.59 Å². The standard InChI is InChI=1S/C18H15N3O2S/c1-11-15(17(23)21-14-8-3-2-4-9-14)24-18(20-11)13-7-5-6-12(10-13)16(19)22/h2-10H,1H3,(H2,19,22)(H,21,23). The molecule has 1 heterocycles. The van der Waals surface area contributed by atoms with E-state index in [-0.39, 0.29) is 5.91 Å². The Hall–Kier alpha value is -2.99. The smallest absolute Gasteiger partial charge is 0.267 e. The summed E-state index contributed by atoms with van der Waals surface area (Å²) in [7, 11) is 0. The number of hydrogen-bond acceptors (Lipinski definition) is 4. The van der Waals surface area contributed by atoms with Gasteiger partial charge in [-0.1, -0.05) is 30.3 Å².